The van der Waals surface area contributed by atoms with Gasteiger partial charge < -0.3 is 25.2 Å². The molecule has 0 saturated carbocycles. The van der Waals surface area contributed by atoms with E-state index in [1.165, 1.54) is 39.9 Å². The Bertz CT molecular complexity index is 1280. The number of nitrogens with one attached hydrogen (secondary N) is 2. The van der Waals surface area contributed by atoms with Crippen LogP contribution < -0.4 is 16.3 Å². The van der Waals surface area contributed by atoms with E-state index < -0.39 is 48.7 Å². The van der Waals surface area contributed by atoms with E-state index in [0.717, 1.165) is 4.57 Å². The molecule has 1 saturated heterocycles. The van der Waals surface area contributed by atoms with Gasteiger partial charge in [0, 0.05) is 18.2 Å². The minimum absolute atomic E-state index is 0.0139. The minimum Gasteiger partial charge on any atom is -0.394 e. The van der Waals surface area contributed by atoms with Gasteiger partial charge in [-0.05, 0) is 25.3 Å². The lowest BCUT2D eigenvalue weighted by molar-refractivity contribution is -0.173. The van der Waals surface area contributed by atoms with Crippen LogP contribution in [0.4, 0.5) is 19.0 Å². The van der Waals surface area contributed by atoms with Crippen molar-refractivity contribution in [3.63, 3.8) is 0 Å². The molecule has 3 unspecified atom stereocenters. The van der Waals surface area contributed by atoms with Gasteiger partial charge in [-0.15, -0.1) is 0 Å². The Hall–Kier alpha value is -3.03. The van der Waals surface area contributed by atoms with Crippen LogP contribution in [0, 0.1) is 11.8 Å². The standard InChI is InChI=1S/C24H25F3N4O6S2/c1-14(39-38-2)36-17-11-19(37-18(17)13-32)31-12-16(9-6-10-28-22(34)24(25,26)27)20(30-23(31)35)29-21(33)15-7-4-3-5-8-15/h3-5,7-8,12,14,17-19,32H,10-11,13H2,1-2H3,(H,28,34)(H,29,30,33,35)/t14-,17?,18?,19?/m1/s1. The molecule has 1 fully saturated rings. The highest BCUT2D eigenvalue weighted by molar-refractivity contribution is 8.76. The molecule has 0 radical (unpaired) electrons. The zero-order valence-corrected chi connectivity index (χ0v) is 22.4. The molecule has 210 valence electrons. The van der Waals surface area contributed by atoms with Crippen LogP contribution in [-0.4, -0.2) is 69.7 Å². The Morgan fingerprint density at radius 1 is 1.33 bits per heavy atom. The van der Waals surface area contributed by atoms with Gasteiger partial charge in [0.25, 0.3) is 5.91 Å². The Labute approximate surface area is 229 Å². The fourth-order valence-electron chi connectivity index (χ4n) is 3.58. The van der Waals surface area contributed by atoms with Crippen molar-refractivity contribution < 1.29 is 37.3 Å². The van der Waals surface area contributed by atoms with Gasteiger partial charge in [0.1, 0.15) is 17.8 Å². The quantitative estimate of drug-likeness (QED) is 0.230. The lowest BCUT2D eigenvalue weighted by Gasteiger charge is -2.20. The summed E-state index contributed by atoms with van der Waals surface area (Å²) in [5.74, 6) is 1.92. The van der Waals surface area contributed by atoms with Crippen molar-refractivity contribution >= 4 is 39.2 Å². The van der Waals surface area contributed by atoms with Gasteiger partial charge >= 0.3 is 17.8 Å². The van der Waals surface area contributed by atoms with Crippen molar-refractivity contribution in [2.24, 2.45) is 0 Å². The number of alkyl halides is 3. The number of nitrogens with zero attached hydrogens (tertiary/aromatic N) is 2. The summed E-state index contributed by atoms with van der Waals surface area (Å²) >= 11 is 0. The molecule has 1 aliphatic rings. The molecule has 39 heavy (non-hydrogen) atoms. The Kier molecular flexibility index (Phi) is 10.8. The molecule has 3 rings (SSSR count). The molecule has 2 heterocycles. The number of ether oxygens (including phenoxy) is 2. The van der Waals surface area contributed by atoms with E-state index in [1.54, 1.807) is 23.5 Å². The summed E-state index contributed by atoms with van der Waals surface area (Å²) < 4.78 is 50.2. The van der Waals surface area contributed by atoms with E-state index >= 15 is 0 Å². The first kappa shape index (κ1) is 30.5. The maximum atomic E-state index is 12.9. The van der Waals surface area contributed by atoms with E-state index in [1.807, 2.05) is 13.2 Å². The molecule has 15 heteroatoms. The number of carbonyl (C=O) groups is 2. The zero-order chi connectivity index (χ0) is 28.6. The Morgan fingerprint density at radius 2 is 2.05 bits per heavy atom. The lowest BCUT2D eigenvalue weighted by atomic mass is 10.2. The number of hydrogen-bond acceptors (Lipinski definition) is 9. The molecule has 0 aliphatic carbocycles. The molecular formula is C24H25F3N4O6S2. The van der Waals surface area contributed by atoms with Gasteiger partial charge in [0.2, 0.25) is 0 Å². The predicted octanol–water partition coefficient (Wildman–Crippen LogP) is 2.55. The predicted molar refractivity (Wildman–Crippen MR) is 140 cm³/mol. The molecule has 1 aromatic carbocycles. The van der Waals surface area contributed by atoms with E-state index in [2.05, 4.69) is 22.1 Å². The number of rotatable bonds is 9. The van der Waals surface area contributed by atoms with Crippen molar-refractivity contribution in [1.82, 2.24) is 14.9 Å². The fourth-order valence-corrected chi connectivity index (χ4v) is 4.99. The Balaban J connectivity index is 1.90. The second-order valence-corrected chi connectivity index (χ2v) is 10.8. The first-order valence-electron chi connectivity index (χ1n) is 11.5. The number of hydrogen-bond donors (Lipinski definition) is 3. The van der Waals surface area contributed by atoms with Crippen LogP contribution in [0.3, 0.4) is 0 Å². The SMILES string of the molecule is CSS[C@H](C)OC1CC(n2cc(C#CCNC(=O)C(F)(F)F)c(NC(=O)c3ccccc3)nc2=O)OC1CO. The second-order valence-electron chi connectivity index (χ2n) is 8.05. The molecular weight excluding hydrogens is 561 g/mol. The van der Waals surface area contributed by atoms with Gasteiger partial charge in [-0.3, -0.25) is 14.2 Å². The summed E-state index contributed by atoms with van der Waals surface area (Å²) in [6.07, 6.45) is -3.90. The largest absolute Gasteiger partial charge is 0.471 e. The number of anilines is 1. The van der Waals surface area contributed by atoms with Crippen LogP contribution in [0.25, 0.3) is 0 Å². The first-order valence-corrected chi connectivity index (χ1v) is 14.1. The van der Waals surface area contributed by atoms with Crippen molar-refractivity contribution in [1.29, 1.82) is 0 Å². The van der Waals surface area contributed by atoms with Crippen LogP contribution in [0.5, 0.6) is 0 Å². The number of aliphatic hydroxyl groups is 1. The third-order valence-corrected chi connectivity index (χ3v) is 7.27. The topological polar surface area (TPSA) is 132 Å². The number of halogens is 3. The fraction of sp³-hybridized carbons (Fsp3) is 0.417. The molecule has 1 aromatic heterocycles. The van der Waals surface area contributed by atoms with Gasteiger partial charge in [0.05, 0.1) is 24.8 Å². The van der Waals surface area contributed by atoms with Gasteiger partial charge in [-0.2, -0.15) is 18.2 Å². The molecule has 2 amide bonds. The third-order valence-electron chi connectivity index (χ3n) is 5.31. The van der Waals surface area contributed by atoms with Gasteiger partial charge in [0.15, 0.2) is 5.82 Å². The average Bonchev–Trinajstić information content (AvgIpc) is 3.29. The number of aromatic nitrogens is 2. The molecule has 0 spiro atoms. The smallest absolute Gasteiger partial charge is 0.394 e. The van der Waals surface area contributed by atoms with E-state index in [0.29, 0.717) is 0 Å². The number of benzene rings is 1. The monoisotopic (exact) mass is 586 g/mol. The summed E-state index contributed by atoms with van der Waals surface area (Å²) in [4.78, 5) is 40.6. The van der Waals surface area contributed by atoms with E-state index in [4.69, 9.17) is 9.47 Å². The van der Waals surface area contributed by atoms with Crippen LogP contribution in [-0.2, 0) is 14.3 Å². The summed E-state index contributed by atoms with van der Waals surface area (Å²) in [7, 11) is 2.98. The van der Waals surface area contributed by atoms with Crippen LogP contribution in [0.15, 0.2) is 41.3 Å². The average molecular weight is 587 g/mol. The minimum atomic E-state index is -5.07. The van der Waals surface area contributed by atoms with E-state index in [9.17, 15) is 32.7 Å². The third kappa shape index (κ3) is 8.48. The highest BCUT2D eigenvalue weighted by Crippen LogP contribution is 2.34. The molecule has 4 atom stereocenters. The van der Waals surface area contributed by atoms with Crippen molar-refractivity contribution in [3.05, 3.63) is 58.1 Å². The van der Waals surface area contributed by atoms with Crippen LogP contribution in [0.2, 0.25) is 0 Å². The molecule has 3 N–H and O–H groups in total. The second kappa shape index (κ2) is 13.9. The zero-order valence-electron chi connectivity index (χ0n) is 20.7. The summed E-state index contributed by atoms with van der Waals surface area (Å²) in [6.45, 7) is 0.819. The molecule has 0 bridgehead atoms. The van der Waals surface area contributed by atoms with Crippen LogP contribution in [0.1, 0.15) is 35.5 Å². The van der Waals surface area contributed by atoms with Crippen LogP contribution >= 0.6 is 21.6 Å². The maximum Gasteiger partial charge on any atom is 0.471 e. The number of aliphatic hydroxyl groups excluding tert-OH is 1. The van der Waals surface area contributed by atoms with Gasteiger partial charge in [-0.25, -0.2) is 4.79 Å². The first-order chi connectivity index (χ1) is 18.5. The normalized spacial score (nSPS) is 19.6. The summed E-state index contributed by atoms with van der Waals surface area (Å²) in [5.41, 5.74) is -0.773. The molecule has 10 nitrogen and oxygen atoms in total. The number of amides is 2. The van der Waals surface area contributed by atoms with Crippen molar-refractivity contribution in [2.75, 3.05) is 24.7 Å². The lowest BCUT2D eigenvalue weighted by Crippen LogP contribution is -2.36. The molecule has 1 aliphatic heterocycles. The van der Waals surface area contributed by atoms with Crippen molar-refractivity contribution in [2.45, 2.75) is 43.4 Å². The summed E-state index contributed by atoms with van der Waals surface area (Å²) in [5, 5.41) is 13.9. The highest BCUT2D eigenvalue weighted by Gasteiger charge is 2.39. The van der Waals surface area contributed by atoms with Crippen molar-refractivity contribution in [3.8, 4) is 11.8 Å². The van der Waals surface area contributed by atoms with Gasteiger partial charge in [-0.1, -0.05) is 51.6 Å². The Morgan fingerprint density at radius 3 is 2.69 bits per heavy atom. The van der Waals surface area contributed by atoms with E-state index in [-0.39, 0.29) is 35.4 Å². The summed E-state index contributed by atoms with van der Waals surface area (Å²) in [6, 6.07) is 8.05. The number of carbonyl (C=O) groups excluding carboxylic acids is 2. The molecule has 2 aromatic rings. The highest BCUT2D eigenvalue weighted by atomic mass is 33.1. The maximum absolute atomic E-state index is 12.9.